The van der Waals surface area contributed by atoms with Crippen LogP contribution in [0.5, 0.6) is 0 Å². The van der Waals surface area contributed by atoms with Gasteiger partial charge < -0.3 is 15.0 Å². The van der Waals surface area contributed by atoms with Crippen molar-refractivity contribution in [2.24, 2.45) is 5.92 Å². The van der Waals surface area contributed by atoms with E-state index in [2.05, 4.69) is 5.32 Å². The summed E-state index contributed by atoms with van der Waals surface area (Å²) in [6.07, 6.45) is 3.26. The number of carbonyl (C=O) groups is 2. The molecule has 0 aromatic rings. The minimum absolute atomic E-state index is 0.0428. The molecule has 5 heteroatoms. The summed E-state index contributed by atoms with van der Waals surface area (Å²) in [5.41, 5.74) is -0.464. The number of rotatable bonds is 1. The maximum Gasteiger partial charge on any atom is 0.410 e. The Balaban J connectivity index is 2.03. The van der Waals surface area contributed by atoms with E-state index in [4.69, 9.17) is 4.74 Å². The first-order chi connectivity index (χ1) is 8.81. The van der Waals surface area contributed by atoms with Crippen LogP contribution >= 0.6 is 0 Å². The molecule has 2 aliphatic rings. The standard InChI is InChI=1S/C14H24N2O3/c1-14(2,3)19-13(18)16-10-5-6-11(16)8-9(7-10)12(17)15-4/h9-11H,5-8H2,1-4H3,(H,15,17). The van der Waals surface area contributed by atoms with Gasteiger partial charge in [0.25, 0.3) is 0 Å². The van der Waals surface area contributed by atoms with Crippen molar-refractivity contribution < 1.29 is 14.3 Å². The van der Waals surface area contributed by atoms with E-state index in [1.54, 1.807) is 7.05 Å². The summed E-state index contributed by atoms with van der Waals surface area (Å²) < 4.78 is 5.47. The van der Waals surface area contributed by atoms with Crippen molar-refractivity contribution in [3.05, 3.63) is 0 Å². The van der Waals surface area contributed by atoms with Gasteiger partial charge in [-0.25, -0.2) is 4.79 Å². The zero-order valence-corrected chi connectivity index (χ0v) is 12.2. The van der Waals surface area contributed by atoms with Crippen LogP contribution in [0, 0.1) is 5.92 Å². The van der Waals surface area contributed by atoms with Gasteiger partial charge in [0, 0.05) is 25.0 Å². The first-order valence-electron chi connectivity index (χ1n) is 7.04. The third kappa shape index (κ3) is 3.01. The normalized spacial score (nSPS) is 30.1. The molecule has 0 spiro atoms. The van der Waals surface area contributed by atoms with Crippen LogP contribution in [0.25, 0.3) is 0 Å². The van der Waals surface area contributed by atoms with Gasteiger partial charge in [0.2, 0.25) is 5.91 Å². The molecular formula is C14H24N2O3. The second-order valence-electron chi connectivity index (χ2n) is 6.56. The first-order valence-corrected chi connectivity index (χ1v) is 7.04. The molecule has 2 unspecified atom stereocenters. The Morgan fingerprint density at radius 3 is 2.11 bits per heavy atom. The van der Waals surface area contributed by atoms with E-state index in [-0.39, 0.29) is 30.0 Å². The summed E-state index contributed by atoms with van der Waals surface area (Å²) in [4.78, 5) is 25.8. The molecular weight excluding hydrogens is 244 g/mol. The van der Waals surface area contributed by atoms with Gasteiger partial charge in [-0.1, -0.05) is 0 Å². The number of ether oxygens (including phenoxy) is 1. The number of hydrogen-bond acceptors (Lipinski definition) is 3. The number of amides is 2. The highest BCUT2D eigenvalue weighted by Gasteiger charge is 2.46. The van der Waals surface area contributed by atoms with Crippen molar-refractivity contribution in [3.63, 3.8) is 0 Å². The van der Waals surface area contributed by atoms with E-state index < -0.39 is 5.60 Å². The van der Waals surface area contributed by atoms with Crippen molar-refractivity contribution >= 4 is 12.0 Å². The Kier molecular flexibility index (Phi) is 3.74. The zero-order chi connectivity index (χ0) is 14.2. The highest BCUT2D eigenvalue weighted by Crippen LogP contribution is 2.39. The number of fused-ring (bicyclic) bond motifs is 2. The van der Waals surface area contributed by atoms with Crippen molar-refractivity contribution in [3.8, 4) is 0 Å². The lowest BCUT2D eigenvalue weighted by Gasteiger charge is -2.38. The van der Waals surface area contributed by atoms with Crippen molar-refractivity contribution in [2.45, 2.75) is 64.1 Å². The largest absolute Gasteiger partial charge is 0.444 e. The molecule has 0 aromatic heterocycles. The number of nitrogens with one attached hydrogen (secondary N) is 1. The van der Waals surface area contributed by atoms with Gasteiger partial charge in [0.05, 0.1) is 0 Å². The first kappa shape index (κ1) is 14.2. The van der Waals surface area contributed by atoms with Crippen LogP contribution in [0.2, 0.25) is 0 Å². The second kappa shape index (κ2) is 5.02. The lowest BCUT2D eigenvalue weighted by atomic mass is 9.90. The van der Waals surface area contributed by atoms with Gasteiger partial charge in [-0.2, -0.15) is 0 Å². The average molecular weight is 268 g/mol. The summed E-state index contributed by atoms with van der Waals surface area (Å²) in [6.45, 7) is 5.64. The van der Waals surface area contributed by atoms with Crippen molar-refractivity contribution in [2.75, 3.05) is 7.05 Å². The quantitative estimate of drug-likeness (QED) is 0.790. The van der Waals surface area contributed by atoms with Crippen LogP contribution in [0.4, 0.5) is 4.79 Å². The fraction of sp³-hybridized carbons (Fsp3) is 0.857. The molecule has 2 atom stereocenters. The van der Waals surface area contributed by atoms with Crippen molar-refractivity contribution in [1.29, 1.82) is 0 Å². The van der Waals surface area contributed by atoms with E-state index in [0.29, 0.717) is 0 Å². The maximum atomic E-state index is 12.2. The van der Waals surface area contributed by atoms with Gasteiger partial charge in [0.15, 0.2) is 0 Å². The van der Waals surface area contributed by atoms with E-state index in [1.807, 2.05) is 25.7 Å². The molecule has 0 radical (unpaired) electrons. The van der Waals surface area contributed by atoms with Gasteiger partial charge >= 0.3 is 6.09 Å². The van der Waals surface area contributed by atoms with Gasteiger partial charge in [0.1, 0.15) is 5.60 Å². The Morgan fingerprint density at radius 1 is 1.16 bits per heavy atom. The average Bonchev–Trinajstić information content (AvgIpc) is 2.57. The van der Waals surface area contributed by atoms with Gasteiger partial charge in [-0.15, -0.1) is 0 Å². The molecule has 2 fully saturated rings. The minimum Gasteiger partial charge on any atom is -0.444 e. The van der Waals surface area contributed by atoms with E-state index in [0.717, 1.165) is 25.7 Å². The second-order valence-corrected chi connectivity index (χ2v) is 6.56. The topological polar surface area (TPSA) is 58.6 Å². The van der Waals surface area contributed by atoms with Gasteiger partial charge in [-0.3, -0.25) is 4.79 Å². The molecule has 5 nitrogen and oxygen atoms in total. The fourth-order valence-corrected chi connectivity index (χ4v) is 3.21. The van der Waals surface area contributed by atoms with Gasteiger partial charge in [-0.05, 0) is 46.5 Å². The van der Waals surface area contributed by atoms with Crippen LogP contribution in [0.3, 0.4) is 0 Å². The summed E-state index contributed by atoms with van der Waals surface area (Å²) >= 11 is 0. The third-order valence-corrected chi connectivity index (χ3v) is 3.95. The number of carbonyl (C=O) groups excluding carboxylic acids is 2. The Hall–Kier alpha value is -1.26. The van der Waals surface area contributed by atoms with E-state index in [9.17, 15) is 9.59 Å². The smallest absolute Gasteiger partial charge is 0.410 e. The lowest BCUT2D eigenvalue weighted by Crippen LogP contribution is -2.50. The molecule has 2 saturated heterocycles. The van der Waals surface area contributed by atoms with E-state index >= 15 is 0 Å². The Bertz CT molecular complexity index is 361. The SMILES string of the molecule is CNC(=O)C1CC2CCC(C1)N2C(=O)OC(C)(C)C. The molecule has 2 heterocycles. The maximum absolute atomic E-state index is 12.2. The molecule has 2 bridgehead atoms. The number of piperidine rings is 1. The molecule has 2 aliphatic heterocycles. The molecule has 0 aliphatic carbocycles. The minimum atomic E-state index is -0.464. The summed E-state index contributed by atoms with van der Waals surface area (Å²) in [6, 6.07) is 0.326. The van der Waals surface area contributed by atoms with E-state index in [1.165, 1.54) is 0 Å². The summed E-state index contributed by atoms with van der Waals surface area (Å²) in [7, 11) is 1.67. The highest BCUT2D eigenvalue weighted by atomic mass is 16.6. The summed E-state index contributed by atoms with van der Waals surface area (Å²) in [5, 5.41) is 2.71. The molecule has 0 aromatic carbocycles. The molecule has 2 amide bonds. The Morgan fingerprint density at radius 2 is 1.68 bits per heavy atom. The molecule has 2 rings (SSSR count). The summed E-state index contributed by atoms with van der Waals surface area (Å²) in [5.74, 6) is 0.141. The third-order valence-electron chi connectivity index (χ3n) is 3.95. The number of nitrogens with zero attached hydrogens (tertiary/aromatic N) is 1. The van der Waals surface area contributed by atoms with Crippen LogP contribution in [0.15, 0.2) is 0 Å². The predicted octanol–water partition coefficient (Wildman–Crippen LogP) is 1.91. The van der Waals surface area contributed by atoms with Crippen LogP contribution in [-0.2, 0) is 9.53 Å². The number of hydrogen-bond donors (Lipinski definition) is 1. The van der Waals surface area contributed by atoms with Crippen LogP contribution in [0.1, 0.15) is 46.5 Å². The van der Waals surface area contributed by atoms with Crippen LogP contribution in [-0.4, -0.2) is 41.6 Å². The molecule has 0 saturated carbocycles. The predicted molar refractivity (Wildman–Crippen MR) is 71.7 cm³/mol. The molecule has 108 valence electrons. The monoisotopic (exact) mass is 268 g/mol. The fourth-order valence-electron chi connectivity index (χ4n) is 3.21. The molecule has 1 N–H and O–H groups in total. The highest BCUT2D eigenvalue weighted by molar-refractivity contribution is 5.79. The molecule has 19 heavy (non-hydrogen) atoms. The van der Waals surface area contributed by atoms with Crippen molar-refractivity contribution in [1.82, 2.24) is 10.2 Å². The lowest BCUT2D eigenvalue weighted by molar-refractivity contribution is -0.126. The van der Waals surface area contributed by atoms with Crippen LogP contribution < -0.4 is 5.32 Å². The zero-order valence-electron chi connectivity index (χ0n) is 12.2. The Labute approximate surface area is 114 Å².